The Morgan fingerprint density at radius 3 is 2.07 bits per heavy atom. The Balaban J connectivity index is 0.000000423. The van der Waals surface area contributed by atoms with E-state index >= 15 is 0 Å². The number of halogens is 4. The van der Waals surface area contributed by atoms with Crippen LogP contribution < -0.4 is 0 Å². The molecule has 0 radical (unpaired) electrons. The molecule has 1 aromatic rings. The summed E-state index contributed by atoms with van der Waals surface area (Å²) in [4.78, 5) is 3.26. The molecular formula is C5H9ClF3NP4S. The van der Waals surface area contributed by atoms with Gasteiger partial charge in [-0.25, -0.2) is 4.98 Å². The third-order valence-corrected chi connectivity index (χ3v) is 2.22. The van der Waals surface area contributed by atoms with Gasteiger partial charge in [-0.05, 0) is 6.99 Å². The number of hydrogen-bond donors (Lipinski definition) is 0. The molecule has 1 aromatic heterocycles. The first kappa shape index (κ1) is 16.4. The molecule has 1 heterocycles. The lowest BCUT2D eigenvalue weighted by molar-refractivity contribution is -0.140. The molecule has 0 spiro atoms. The zero-order valence-corrected chi connectivity index (χ0v) is 13.3. The smallest absolute Gasteiger partial charge is 0.235 e. The predicted molar refractivity (Wildman–Crippen MR) is 72.7 cm³/mol. The Labute approximate surface area is 103 Å². The van der Waals surface area contributed by atoms with Gasteiger partial charge in [-0.2, -0.15) is 13.2 Å². The van der Waals surface area contributed by atoms with E-state index in [0.29, 0.717) is 5.01 Å². The number of aromatic nitrogens is 1. The van der Waals surface area contributed by atoms with Gasteiger partial charge in [0.1, 0.15) is 5.01 Å². The summed E-state index contributed by atoms with van der Waals surface area (Å²) in [6.45, 7) is 0.130. The Hall–Kier alpha value is 1.43. The first-order valence-electron chi connectivity index (χ1n) is 3.39. The van der Waals surface area contributed by atoms with Gasteiger partial charge in [-0.3, -0.25) is 0 Å². The second-order valence-electron chi connectivity index (χ2n) is 2.21. The molecule has 0 N–H and O–H groups in total. The predicted octanol–water partition coefficient (Wildman–Crippen LogP) is 4.74. The largest absolute Gasteiger partial charge is 0.434 e. The van der Waals surface area contributed by atoms with Gasteiger partial charge in [0.25, 0.3) is 0 Å². The highest BCUT2D eigenvalue weighted by Gasteiger charge is 2.33. The first-order valence-corrected chi connectivity index (χ1v) is 11.0. The fourth-order valence-electron chi connectivity index (χ4n) is 0.502. The summed E-state index contributed by atoms with van der Waals surface area (Å²) in [5.41, 5.74) is -0.863. The number of thiazole rings is 1. The number of nitrogens with zero attached hydrogens (tertiary/aromatic N) is 1. The highest BCUT2D eigenvalue weighted by atomic mass is 35.5. The molecule has 0 amide bonds. The maximum absolute atomic E-state index is 11.8. The second kappa shape index (κ2) is 7.70. The van der Waals surface area contributed by atoms with Gasteiger partial charge in [0.2, 0.25) is 0 Å². The maximum Gasteiger partial charge on any atom is 0.434 e. The Morgan fingerprint density at radius 2 is 1.87 bits per heavy atom. The van der Waals surface area contributed by atoms with Crippen LogP contribution in [0.15, 0.2) is 5.38 Å². The van der Waals surface area contributed by atoms with Crippen LogP contribution in [0.2, 0.25) is 0 Å². The van der Waals surface area contributed by atoms with Crippen molar-refractivity contribution in [3.05, 3.63) is 16.1 Å². The summed E-state index contributed by atoms with van der Waals surface area (Å²) < 4.78 is 35.5. The van der Waals surface area contributed by atoms with E-state index in [-0.39, 0.29) is 12.9 Å². The Bertz CT molecular complexity index is 289. The van der Waals surface area contributed by atoms with E-state index in [1.807, 2.05) is 0 Å². The van der Waals surface area contributed by atoms with Crippen molar-refractivity contribution in [1.82, 2.24) is 4.98 Å². The average Bonchev–Trinajstić information content (AvgIpc) is 2.49. The molecule has 0 saturated carbocycles. The molecule has 10 heteroatoms. The molecule has 3 unspecified atom stereocenters. The summed E-state index contributed by atoms with van der Waals surface area (Å²) in [6, 6.07) is 0. The molecule has 0 aliphatic heterocycles. The molecule has 0 aliphatic carbocycles. The third kappa shape index (κ3) is 8.19. The monoisotopic (exact) mass is 331 g/mol. The first-order chi connectivity index (χ1) is 6.77. The molecule has 15 heavy (non-hydrogen) atoms. The van der Waals surface area contributed by atoms with Gasteiger partial charge < -0.3 is 0 Å². The van der Waals surface area contributed by atoms with Crippen molar-refractivity contribution in [3.63, 3.8) is 0 Å². The van der Waals surface area contributed by atoms with Crippen molar-refractivity contribution in [3.8, 4) is 0 Å². The fourth-order valence-corrected chi connectivity index (χ4v) is 1.40. The van der Waals surface area contributed by atoms with Crippen LogP contribution in [0.1, 0.15) is 10.7 Å². The van der Waals surface area contributed by atoms with E-state index in [4.69, 9.17) is 11.6 Å². The van der Waals surface area contributed by atoms with Gasteiger partial charge in [-0.15, -0.1) is 49.7 Å². The summed E-state index contributed by atoms with van der Waals surface area (Å²) in [5.74, 6) is 0.0285. The average molecular weight is 332 g/mol. The molecule has 1 nitrogen and oxygen atoms in total. The zero-order chi connectivity index (χ0) is 12.1. The van der Waals surface area contributed by atoms with Crippen LogP contribution in [0.25, 0.3) is 0 Å². The van der Waals surface area contributed by atoms with E-state index in [1.54, 1.807) is 0 Å². The molecular weight excluding hydrogens is 322 g/mol. The number of rotatable bonds is 1. The normalized spacial score (nSPS) is 11.2. The van der Waals surface area contributed by atoms with Crippen LogP contribution in [-0.2, 0) is 12.1 Å². The van der Waals surface area contributed by atoms with Crippen LogP contribution in [0, 0.1) is 0 Å². The van der Waals surface area contributed by atoms with Crippen LogP contribution in [0.3, 0.4) is 0 Å². The molecule has 0 aliphatic rings. The summed E-state index contributed by atoms with van der Waals surface area (Å²) in [7, 11) is 7.94. The molecule has 0 saturated heterocycles. The zero-order valence-electron chi connectivity index (χ0n) is 7.33. The highest BCUT2D eigenvalue weighted by Crippen LogP contribution is 2.59. The van der Waals surface area contributed by atoms with Gasteiger partial charge in [-0.1, -0.05) is 0 Å². The van der Waals surface area contributed by atoms with Crippen molar-refractivity contribution in [2.75, 3.05) is 0 Å². The van der Waals surface area contributed by atoms with Crippen molar-refractivity contribution in [2.45, 2.75) is 12.1 Å². The lowest BCUT2D eigenvalue weighted by Gasteiger charge is -1.99. The van der Waals surface area contributed by atoms with Gasteiger partial charge in [0.05, 0.1) is 5.88 Å². The van der Waals surface area contributed by atoms with E-state index in [0.717, 1.165) is 16.7 Å². The molecule has 3 atom stereocenters. The lowest BCUT2D eigenvalue weighted by atomic mass is 10.5. The Kier molecular flexibility index (Phi) is 8.43. The number of hydrogen-bond acceptors (Lipinski definition) is 2. The standard InChI is InChI=1S/C5H3ClF3NS.H6P4/c6-1-4-10-3(2-11-4)5(7,8)9;1-4(2)3/h2H,1H2;1-3H2. The molecule has 0 bridgehead atoms. The summed E-state index contributed by atoms with van der Waals surface area (Å²) >= 11 is 6.18. The SMILES string of the molecule is FC(F)(F)c1csc(CCl)n1.PP(P)P. The Morgan fingerprint density at radius 1 is 1.40 bits per heavy atom. The molecule has 88 valence electrons. The van der Waals surface area contributed by atoms with Crippen LogP contribution >= 0.6 is 56.7 Å². The fraction of sp³-hybridized carbons (Fsp3) is 0.400. The summed E-state index contributed by atoms with van der Waals surface area (Å²) in [6.07, 6.45) is -4.35. The van der Waals surface area contributed by atoms with Crippen molar-refractivity contribution in [2.24, 2.45) is 0 Å². The van der Waals surface area contributed by atoms with Gasteiger partial charge >= 0.3 is 6.18 Å². The number of alkyl halides is 4. The molecule has 0 fully saturated rings. The van der Waals surface area contributed by atoms with E-state index in [2.05, 4.69) is 31.8 Å². The maximum atomic E-state index is 11.8. The molecule has 1 rings (SSSR count). The minimum atomic E-state index is -4.35. The van der Waals surface area contributed by atoms with Crippen LogP contribution in [0.4, 0.5) is 13.2 Å². The molecule has 0 aromatic carbocycles. The minimum absolute atomic E-state index is 0.0285. The second-order valence-corrected chi connectivity index (χ2v) is 15.0. The minimum Gasteiger partial charge on any atom is -0.235 e. The quantitative estimate of drug-likeness (QED) is 0.535. The third-order valence-electron chi connectivity index (χ3n) is 0.956. The van der Waals surface area contributed by atoms with Crippen molar-refractivity contribution < 1.29 is 13.2 Å². The van der Waals surface area contributed by atoms with E-state index in [1.165, 1.54) is 0 Å². The topological polar surface area (TPSA) is 12.9 Å². The van der Waals surface area contributed by atoms with Crippen molar-refractivity contribution >= 4 is 56.7 Å². The van der Waals surface area contributed by atoms with Crippen LogP contribution in [0.5, 0.6) is 0 Å². The highest BCUT2D eigenvalue weighted by molar-refractivity contribution is 8.65. The van der Waals surface area contributed by atoms with Gasteiger partial charge in [0, 0.05) is 5.38 Å². The van der Waals surface area contributed by atoms with E-state index < -0.39 is 11.9 Å². The summed E-state index contributed by atoms with van der Waals surface area (Å²) in [5, 5.41) is 1.25. The van der Waals surface area contributed by atoms with Gasteiger partial charge in [0.15, 0.2) is 5.69 Å². The lowest BCUT2D eigenvalue weighted by Crippen LogP contribution is -2.04. The van der Waals surface area contributed by atoms with E-state index in [9.17, 15) is 13.2 Å². The van der Waals surface area contributed by atoms with Crippen LogP contribution in [-0.4, -0.2) is 4.98 Å². The van der Waals surface area contributed by atoms with Crippen molar-refractivity contribution in [1.29, 1.82) is 0 Å².